The van der Waals surface area contributed by atoms with Gasteiger partial charge in [-0.05, 0) is 44.5 Å². The summed E-state index contributed by atoms with van der Waals surface area (Å²) in [5.41, 5.74) is 7.24. The molecule has 1 saturated heterocycles. The van der Waals surface area contributed by atoms with Crippen LogP contribution in [0, 0.1) is 5.92 Å². The van der Waals surface area contributed by atoms with E-state index in [1.54, 1.807) is 7.11 Å². The zero-order chi connectivity index (χ0) is 13.0. The predicted octanol–water partition coefficient (Wildman–Crippen LogP) is 2.43. The van der Waals surface area contributed by atoms with E-state index < -0.39 is 0 Å². The molecule has 3 heteroatoms. The lowest BCUT2D eigenvalue weighted by molar-refractivity contribution is 0.225. The highest BCUT2D eigenvalue weighted by molar-refractivity contribution is 5.37. The van der Waals surface area contributed by atoms with Crippen LogP contribution in [0.3, 0.4) is 0 Å². The van der Waals surface area contributed by atoms with Gasteiger partial charge in [-0.1, -0.05) is 25.1 Å². The van der Waals surface area contributed by atoms with Crippen molar-refractivity contribution in [2.75, 3.05) is 26.7 Å². The first-order valence-electron chi connectivity index (χ1n) is 6.88. The lowest BCUT2D eigenvalue weighted by Crippen LogP contribution is -2.29. The molecule has 1 aliphatic rings. The van der Waals surface area contributed by atoms with E-state index in [0.717, 1.165) is 25.4 Å². The number of hydrogen-bond donors (Lipinski definition) is 1. The Kier molecular flexibility index (Phi) is 4.61. The van der Waals surface area contributed by atoms with Gasteiger partial charge in [0.05, 0.1) is 7.11 Å². The van der Waals surface area contributed by atoms with Crippen LogP contribution in [0.15, 0.2) is 24.3 Å². The van der Waals surface area contributed by atoms with Crippen molar-refractivity contribution in [2.45, 2.75) is 25.8 Å². The minimum Gasteiger partial charge on any atom is -0.496 e. The van der Waals surface area contributed by atoms with Crippen LogP contribution in [-0.4, -0.2) is 31.6 Å². The third-order valence-electron chi connectivity index (χ3n) is 3.90. The molecule has 100 valence electrons. The molecule has 0 radical (unpaired) electrons. The summed E-state index contributed by atoms with van der Waals surface area (Å²) in [6, 6.07) is 8.77. The molecule has 0 amide bonds. The van der Waals surface area contributed by atoms with Crippen molar-refractivity contribution in [3.8, 4) is 5.75 Å². The van der Waals surface area contributed by atoms with Crippen LogP contribution in [0.4, 0.5) is 0 Å². The van der Waals surface area contributed by atoms with Crippen LogP contribution in [0.1, 0.15) is 31.4 Å². The quantitative estimate of drug-likeness (QED) is 0.869. The van der Waals surface area contributed by atoms with Crippen molar-refractivity contribution in [2.24, 2.45) is 11.7 Å². The molecule has 2 N–H and O–H groups in total. The molecular formula is C15H24N2O. The number of benzene rings is 1. The normalized spacial score (nSPS) is 24.4. The molecule has 0 spiro atoms. The molecule has 2 unspecified atom stereocenters. The standard InChI is InChI=1S/C15H24N2O/c1-3-9-17-10-8-12(11-16)15(17)13-6-4-5-7-14(13)18-2/h4-7,12,15H,3,8-11,16H2,1-2H3. The Bertz CT molecular complexity index is 381. The Morgan fingerprint density at radius 1 is 1.39 bits per heavy atom. The summed E-state index contributed by atoms with van der Waals surface area (Å²) >= 11 is 0. The maximum atomic E-state index is 5.94. The number of ether oxygens (including phenoxy) is 1. The molecule has 2 atom stereocenters. The molecule has 1 fully saturated rings. The molecule has 0 aromatic heterocycles. The average molecular weight is 248 g/mol. The summed E-state index contributed by atoms with van der Waals surface area (Å²) in [5, 5.41) is 0. The fourth-order valence-electron chi connectivity index (χ4n) is 3.07. The first-order chi connectivity index (χ1) is 8.81. The van der Waals surface area contributed by atoms with Crippen molar-refractivity contribution in [1.29, 1.82) is 0 Å². The van der Waals surface area contributed by atoms with Gasteiger partial charge in [-0.3, -0.25) is 4.90 Å². The van der Waals surface area contributed by atoms with Gasteiger partial charge in [0.15, 0.2) is 0 Å². The molecule has 18 heavy (non-hydrogen) atoms. The summed E-state index contributed by atoms with van der Waals surface area (Å²) in [6.07, 6.45) is 2.38. The Balaban J connectivity index is 2.31. The molecule has 1 aliphatic heterocycles. The number of para-hydroxylation sites is 1. The zero-order valence-corrected chi connectivity index (χ0v) is 11.4. The van der Waals surface area contributed by atoms with Gasteiger partial charge in [-0.15, -0.1) is 0 Å². The average Bonchev–Trinajstić information content (AvgIpc) is 2.82. The maximum absolute atomic E-state index is 5.94. The van der Waals surface area contributed by atoms with E-state index in [1.807, 2.05) is 12.1 Å². The minimum absolute atomic E-state index is 0.422. The predicted molar refractivity (Wildman–Crippen MR) is 74.8 cm³/mol. The molecule has 0 saturated carbocycles. The number of methoxy groups -OCH3 is 1. The van der Waals surface area contributed by atoms with Crippen LogP contribution in [0.25, 0.3) is 0 Å². The summed E-state index contributed by atoms with van der Waals surface area (Å²) in [5.74, 6) is 1.54. The fourth-order valence-corrected chi connectivity index (χ4v) is 3.07. The van der Waals surface area contributed by atoms with E-state index in [1.165, 1.54) is 18.4 Å². The van der Waals surface area contributed by atoms with Gasteiger partial charge in [0.2, 0.25) is 0 Å². The van der Waals surface area contributed by atoms with Crippen molar-refractivity contribution in [1.82, 2.24) is 4.90 Å². The SMILES string of the molecule is CCCN1CCC(CN)C1c1ccccc1OC. The molecule has 2 rings (SSSR count). The van der Waals surface area contributed by atoms with E-state index in [2.05, 4.69) is 24.0 Å². The minimum atomic E-state index is 0.422. The second-order valence-electron chi connectivity index (χ2n) is 5.01. The van der Waals surface area contributed by atoms with Gasteiger partial charge in [-0.2, -0.15) is 0 Å². The van der Waals surface area contributed by atoms with E-state index in [9.17, 15) is 0 Å². The van der Waals surface area contributed by atoms with E-state index in [0.29, 0.717) is 12.0 Å². The second-order valence-corrected chi connectivity index (χ2v) is 5.01. The third kappa shape index (κ3) is 2.52. The van der Waals surface area contributed by atoms with Gasteiger partial charge in [0.25, 0.3) is 0 Å². The number of rotatable bonds is 5. The van der Waals surface area contributed by atoms with Crippen molar-refractivity contribution in [3.63, 3.8) is 0 Å². The molecule has 1 aromatic carbocycles. The summed E-state index contributed by atoms with van der Waals surface area (Å²) in [6.45, 7) is 5.27. The molecule has 1 heterocycles. The van der Waals surface area contributed by atoms with E-state index in [4.69, 9.17) is 10.5 Å². The van der Waals surface area contributed by atoms with Crippen molar-refractivity contribution >= 4 is 0 Å². The van der Waals surface area contributed by atoms with Gasteiger partial charge >= 0.3 is 0 Å². The first kappa shape index (κ1) is 13.4. The van der Waals surface area contributed by atoms with Gasteiger partial charge in [0, 0.05) is 11.6 Å². The highest BCUT2D eigenvalue weighted by atomic mass is 16.5. The third-order valence-corrected chi connectivity index (χ3v) is 3.90. The van der Waals surface area contributed by atoms with Crippen LogP contribution in [-0.2, 0) is 0 Å². The second kappa shape index (κ2) is 6.21. The fraction of sp³-hybridized carbons (Fsp3) is 0.600. The summed E-state index contributed by atoms with van der Waals surface area (Å²) < 4.78 is 5.51. The first-order valence-corrected chi connectivity index (χ1v) is 6.88. The van der Waals surface area contributed by atoms with Gasteiger partial charge < -0.3 is 10.5 Å². The summed E-state index contributed by atoms with van der Waals surface area (Å²) in [7, 11) is 1.75. The van der Waals surface area contributed by atoms with E-state index >= 15 is 0 Å². The summed E-state index contributed by atoms with van der Waals surface area (Å²) in [4.78, 5) is 2.55. The number of nitrogens with zero attached hydrogens (tertiary/aromatic N) is 1. The van der Waals surface area contributed by atoms with Crippen molar-refractivity contribution < 1.29 is 4.74 Å². The molecule has 0 bridgehead atoms. The molecule has 0 aliphatic carbocycles. The Hall–Kier alpha value is -1.06. The number of likely N-dealkylation sites (tertiary alicyclic amines) is 1. The van der Waals surface area contributed by atoms with Gasteiger partial charge in [0.1, 0.15) is 5.75 Å². The highest BCUT2D eigenvalue weighted by Crippen LogP contribution is 2.40. The van der Waals surface area contributed by atoms with Crippen LogP contribution in [0.5, 0.6) is 5.75 Å². The lowest BCUT2D eigenvalue weighted by atomic mass is 9.93. The topological polar surface area (TPSA) is 38.5 Å². The van der Waals surface area contributed by atoms with E-state index in [-0.39, 0.29) is 0 Å². The Morgan fingerprint density at radius 2 is 2.17 bits per heavy atom. The van der Waals surface area contributed by atoms with Gasteiger partial charge in [-0.25, -0.2) is 0 Å². The lowest BCUT2D eigenvalue weighted by Gasteiger charge is -2.29. The smallest absolute Gasteiger partial charge is 0.123 e. The Labute approximate surface area is 110 Å². The molecule has 1 aromatic rings. The molecular weight excluding hydrogens is 224 g/mol. The van der Waals surface area contributed by atoms with Crippen molar-refractivity contribution in [3.05, 3.63) is 29.8 Å². The van der Waals surface area contributed by atoms with Crippen LogP contribution < -0.4 is 10.5 Å². The van der Waals surface area contributed by atoms with Crippen LogP contribution in [0.2, 0.25) is 0 Å². The maximum Gasteiger partial charge on any atom is 0.123 e. The number of hydrogen-bond acceptors (Lipinski definition) is 3. The zero-order valence-electron chi connectivity index (χ0n) is 11.4. The highest BCUT2D eigenvalue weighted by Gasteiger charge is 2.35. The monoisotopic (exact) mass is 248 g/mol. The van der Waals surface area contributed by atoms with Crippen LogP contribution >= 0.6 is 0 Å². The largest absolute Gasteiger partial charge is 0.496 e. The Morgan fingerprint density at radius 3 is 2.83 bits per heavy atom. The number of nitrogens with two attached hydrogens (primary N) is 1. The molecule has 3 nitrogen and oxygen atoms in total.